The first-order chi connectivity index (χ1) is 13.4. The van der Waals surface area contributed by atoms with Gasteiger partial charge in [-0.3, -0.25) is 0 Å². The minimum atomic E-state index is -3.21. The van der Waals surface area contributed by atoms with Crippen molar-refractivity contribution in [3.8, 4) is 17.2 Å². The molecule has 0 N–H and O–H groups in total. The molecule has 1 unspecified atom stereocenters. The van der Waals surface area contributed by atoms with E-state index in [9.17, 15) is 8.42 Å². The fraction of sp³-hybridized carbons (Fsp3) is 0.143. The van der Waals surface area contributed by atoms with E-state index in [-0.39, 0.29) is 6.04 Å². The summed E-state index contributed by atoms with van der Waals surface area (Å²) in [5.41, 5.74) is 2.84. The zero-order valence-corrected chi connectivity index (χ0v) is 16.4. The molecular weight excluding hydrogens is 372 g/mol. The minimum Gasteiger partial charge on any atom is -0.322 e. The highest BCUT2D eigenvalue weighted by molar-refractivity contribution is 7.90. The first-order valence-corrected chi connectivity index (χ1v) is 10.8. The second-order valence-corrected chi connectivity index (χ2v) is 8.65. The van der Waals surface area contributed by atoms with Crippen molar-refractivity contribution >= 4 is 9.84 Å². The molecule has 7 heteroatoms. The number of hydrogen-bond donors (Lipinski definition) is 0. The predicted octanol–water partition coefficient (Wildman–Crippen LogP) is 3.75. The molecule has 0 aliphatic carbocycles. The summed E-state index contributed by atoms with van der Waals surface area (Å²) in [4.78, 5) is 4.87. The first kappa shape index (κ1) is 18.2. The Morgan fingerprint density at radius 3 is 2.32 bits per heavy atom. The Hall–Kier alpha value is -3.19. The lowest BCUT2D eigenvalue weighted by Gasteiger charge is -2.18. The molecule has 1 atom stereocenters. The lowest BCUT2D eigenvalue weighted by atomic mass is 10.1. The van der Waals surface area contributed by atoms with E-state index in [2.05, 4.69) is 21.6 Å². The normalized spacial score (nSPS) is 12.8. The lowest BCUT2D eigenvalue weighted by Crippen LogP contribution is -2.10. The van der Waals surface area contributed by atoms with Crippen molar-refractivity contribution in [2.24, 2.45) is 0 Å². The second-order valence-electron chi connectivity index (χ2n) is 6.64. The number of sulfone groups is 1. The van der Waals surface area contributed by atoms with Crippen LogP contribution >= 0.6 is 0 Å². The molecule has 0 aliphatic rings. The van der Waals surface area contributed by atoms with E-state index in [1.54, 1.807) is 24.5 Å². The molecule has 0 fully saturated rings. The molecule has 142 valence electrons. The van der Waals surface area contributed by atoms with Crippen molar-refractivity contribution in [3.05, 3.63) is 84.8 Å². The van der Waals surface area contributed by atoms with Crippen LogP contribution in [0.2, 0.25) is 0 Å². The van der Waals surface area contributed by atoms with Crippen LogP contribution < -0.4 is 0 Å². The van der Waals surface area contributed by atoms with Crippen molar-refractivity contribution in [2.45, 2.75) is 17.9 Å². The first-order valence-electron chi connectivity index (χ1n) is 8.88. The third-order valence-electron chi connectivity index (χ3n) is 4.75. The van der Waals surface area contributed by atoms with E-state index in [1.807, 2.05) is 59.4 Å². The summed E-state index contributed by atoms with van der Waals surface area (Å²) in [5.74, 6) is 0.793. The highest BCUT2D eigenvalue weighted by Gasteiger charge is 2.18. The van der Waals surface area contributed by atoms with Crippen LogP contribution in [0.5, 0.6) is 0 Å². The Morgan fingerprint density at radius 1 is 0.929 bits per heavy atom. The van der Waals surface area contributed by atoms with Gasteiger partial charge in [0.2, 0.25) is 0 Å². The lowest BCUT2D eigenvalue weighted by molar-refractivity contribution is 0.601. The van der Waals surface area contributed by atoms with Gasteiger partial charge in [-0.2, -0.15) is 5.10 Å². The van der Waals surface area contributed by atoms with Gasteiger partial charge in [0.1, 0.15) is 5.69 Å². The fourth-order valence-electron chi connectivity index (χ4n) is 3.23. The zero-order valence-electron chi connectivity index (χ0n) is 15.6. The van der Waals surface area contributed by atoms with Gasteiger partial charge in [-0.1, -0.05) is 30.3 Å². The van der Waals surface area contributed by atoms with Crippen molar-refractivity contribution < 1.29 is 8.42 Å². The van der Waals surface area contributed by atoms with Crippen molar-refractivity contribution in [2.75, 3.05) is 6.26 Å². The molecule has 4 rings (SSSR count). The fourth-order valence-corrected chi connectivity index (χ4v) is 3.86. The number of para-hydroxylation sites is 1. The summed E-state index contributed by atoms with van der Waals surface area (Å²) >= 11 is 0. The van der Waals surface area contributed by atoms with Gasteiger partial charge < -0.3 is 4.57 Å². The standard InChI is InChI=1S/C21H20N4O2S/c1-16(17-8-10-19(11-9-17)28(2,26)27)24-15-14-22-21(24)20-12-13-23-25(20)18-6-4-3-5-7-18/h3-16H,1-2H3. The summed E-state index contributed by atoms with van der Waals surface area (Å²) in [6.45, 7) is 2.06. The quantitative estimate of drug-likeness (QED) is 0.519. The molecule has 2 heterocycles. The monoisotopic (exact) mass is 392 g/mol. The number of nitrogens with zero attached hydrogens (tertiary/aromatic N) is 4. The van der Waals surface area contributed by atoms with E-state index in [0.29, 0.717) is 4.90 Å². The Balaban J connectivity index is 1.72. The van der Waals surface area contributed by atoms with Crippen molar-refractivity contribution in [1.29, 1.82) is 0 Å². The van der Waals surface area contributed by atoms with Crippen LogP contribution in [0.4, 0.5) is 0 Å². The topological polar surface area (TPSA) is 69.8 Å². The third-order valence-corrected chi connectivity index (χ3v) is 5.88. The van der Waals surface area contributed by atoms with E-state index in [1.165, 1.54) is 6.26 Å². The Bertz CT molecular complexity index is 1190. The van der Waals surface area contributed by atoms with E-state index in [4.69, 9.17) is 0 Å². The molecule has 2 aromatic heterocycles. The van der Waals surface area contributed by atoms with Crippen LogP contribution in [0.3, 0.4) is 0 Å². The van der Waals surface area contributed by atoms with E-state index >= 15 is 0 Å². The number of rotatable bonds is 5. The van der Waals surface area contributed by atoms with Crippen LogP contribution in [-0.2, 0) is 9.84 Å². The molecule has 0 saturated carbocycles. The van der Waals surface area contributed by atoms with Gasteiger partial charge in [-0.25, -0.2) is 18.1 Å². The minimum absolute atomic E-state index is 0.0229. The maximum atomic E-state index is 11.7. The van der Waals surface area contributed by atoms with E-state index in [0.717, 1.165) is 22.8 Å². The number of hydrogen-bond acceptors (Lipinski definition) is 4. The molecule has 0 radical (unpaired) electrons. The van der Waals surface area contributed by atoms with Gasteiger partial charge in [0.05, 0.1) is 22.8 Å². The SMILES string of the molecule is CC(c1ccc(S(C)(=O)=O)cc1)n1ccnc1-c1ccnn1-c1ccccc1. The van der Waals surface area contributed by atoms with Crippen LogP contribution in [0.25, 0.3) is 17.2 Å². The largest absolute Gasteiger partial charge is 0.322 e. The van der Waals surface area contributed by atoms with E-state index < -0.39 is 9.84 Å². The van der Waals surface area contributed by atoms with Crippen LogP contribution in [0.15, 0.2) is 84.1 Å². The van der Waals surface area contributed by atoms with Gasteiger partial charge in [0.15, 0.2) is 15.7 Å². The van der Waals surface area contributed by atoms with Gasteiger partial charge >= 0.3 is 0 Å². The average molecular weight is 392 g/mol. The van der Waals surface area contributed by atoms with Crippen molar-refractivity contribution in [1.82, 2.24) is 19.3 Å². The summed E-state index contributed by atoms with van der Waals surface area (Å²) < 4.78 is 27.3. The average Bonchev–Trinajstić information content (AvgIpc) is 3.36. The number of aromatic nitrogens is 4. The van der Waals surface area contributed by atoms with Crippen molar-refractivity contribution in [3.63, 3.8) is 0 Å². The third kappa shape index (κ3) is 3.36. The molecule has 28 heavy (non-hydrogen) atoms. The number of benzene rings is 2. The molecular formula is C21H20N4O2S. The molecule has 0 spiro atoms. The number of imidazole rings is 1. The Kier molecular flexibility index (Phi) is 4.60. The van der Waals surface area contributed by atoms with Crippen LogP contribution in [0, 0.1) is 0 Å². The smallest absolute Gasteiger partial charge is 0.175 e. The molecule has 0 bridgehead atoms. The van der Waals surface area contributed by atoms with Gasteiger partial charge in [0, 0.05) is 18.6 Å². The van der Waals surface area contributed by atoms with Gasteiger partial charge in [-0.15, -0.1) is 0 Å². The molecule has 0 amide bonds. The summed E-state index contributed by atoms with van der Waals surface area (Å²) in [6, 6.07) is 18.8. The molecule has 0 aliphatic heterocycles. The summed E-state index contributed by atoms with van der Waals surface area (Å²) in [7, 11) is -3.21. The van der Waals surface area contributed by atoms with Crippen LogP contribution in [-0.4, -0.2) is 34.0 Å². The molecule has 6 nitrogen and oxygen atoms in total. The Morgan fingerprint density at radius 2 is 1.64 bits per heavy atom. The maximum Gasteiger partial charge on any atom is 0.175 e. The molecule has 0 saturated heterocycles. The molecule has 4 aromatic rings. The van der Waals surface area contributed by atoms with Gasteiger partial charge in [-0.05, 0) is 42.8 Å². The summed E-state index contributed by atoms with van der Waals surface area (Å²) in [6.07, 6.45) is 6.66. The summed E-state index contributed by atoms with van der Waals surface area (Å²) in [5, 5.41) is 4.45. The van der Waals surface area contributed by atoms with Crippen LogP contribution in [0.1, 0.15) is 18.5 Å². The van der Waals surface area contributed by atoms with Gasteiger partial charge in [0.25, 0.3) is 0 Å². The second kappa shape index (κ2) is 7.09. The highest BCUT2D eigenvalue weighted by Crippen LogP contribution is 2.27. The predicted molar refractivity (Wildman–Crippen MR) is 108 cm³/mol. The zero-order chi connectivity index (χ0) is 19.7. The maximum absolute atomic E-state index is 11.7. The molecule has 2 aromatic carbocycles. The Labute approximate surface area is 164 Å². The highest BCUT2D eigenvalue weighted by atomic mass is 32.2.